The smallest absolute Gasteiger partial charge is 0.325 e. The van der Waals surface area contributed by atoms with E-state index in [-0.39, 0.29) is 12.5 Å². The fraction of sp³-hybridized carbons (Fsp3) is 0.526. The van der Waals surface area contributed by atoms with E-state index in [4.69, 9.17) is 0 Å². The summed E-state index contributed by atoms with van der Waals surface area (Å²) in [5.41, 5.74) is 0.640. The Labute approximate surface area is 153 Å². The molecule has 0 bridgehead atoms. The van der Waals surface area contributed by atoms with E-state index < -0.39 is 17.5 Å². The molecule has 26 heavy (non-hydrogen) atoms. The zero-order valence-corrected chi connectivity index (χ0v) is 15.3. The molecule has 2 atom stereocenters. The Morgan fingerprint density at radius 2 is 2.04 bits per heavy atom. The Morgan fingerprint density at radius 3 is 2.69 bits per heavy atom. The summed E-state index contributed by atoms with van der Waals surface area (Å²) in [6.45, 7) is 5.94. The first-order chi connectivity index (χ1) is 12.4. The zero-order valence-electron chi connectivity index (χ0n) is 15.3. The number of benzene rings is 1. The summed E-state index contributed by atoms with van der Waals surface area (Å²) < 4.78 is 0. The molecule has 0 aliphatic carbocycles. The van der Waals surface area contributed by atoms with E-state index in [2.05, 4.69) is 16.0 Å². The van der Waals surface area contributed by atoms with Crippen LogP contribution in [0.5, 0.6) is 0 Å². The Morgan fingerprint density at radius 1 is 1.31 bits per heavy atom. The topological polar surface area (TPSA) is 90.5 Å². The first-order valence-electron chi connectivity index (χ1n) is 9.09. The van der Waals surface area contributed by atoms with Crippen molar-refractivity contribution in [2.24, 2.45) is 5.92 Å². The van der Waals surface area contributed by atoms with Crippen LogP contribution in [0.4, 0.5) is 4.79 Å². The monoisotopic (exact) mass is 358 g/mol. The molecule has 2 aliphatic heterocycles. The molecule has 2 unspecified atom stereocenters. The van der Waals surface area contributed by atoms with Crippen LogP contribution < -0.4 is 16.0 Å². The Balaban J connectivity index is 1.58. The van der Waals surface area contributed by atoms with Crippen molar-refractivity contribution in [2.45, 2.75) is 32.2 Å². The van der Waals surface area contributed by atoms with E-state index >= 15 is 0 Å². The highest BCUT2D eigenvalue weighted by Gasteiger charge is 2.49. The lowest BCUT2D eigenvalue weighted by Crippen LogP contribution is -2.43. The van der Waals surface area contributed by atoms with E-state index in [1.54, 1.807) is 6.92 Å². The minimum atomic E-state index is -1.14. The summed E-state index contributed by atoms with van der Waals surface area (Å²) >= 11 is 0. The quantitative estimate of drug-likeness (QED) is 0.659. The van der Waals surface area contributed by atoms with Gasteiger partial charge in [0.15, 0.2) is 0 Å². The van der Waals surface area contributed by atoms with Crippen LogP contribution >= 0.6 is 0 Å². The summed E-state index contributed by atoms with van der Waals surface area (Å²) in [5.74, 6) is -0.133. The molecule has 2 fully saturated rings. The molecule has 2 heterocycles. The largest absolute Gasteiger partial charge is 0.355 e. The predicted molar refractivity (Wildman–Crippen MR) is 97.4 cm³/mol. The Hall–Kier alpha value is -2.41. The van der Waals surface area contributed by atoms with Crippen LogP contribution in [-0.4, -0.2) is 48.9 Å². The molecule has 2 saturated heterocycles. The summed E-state index contributed by atoms with van der Waals surface area (Å²) in [6, 6.07) is 6.91. The molecule has 1 aromatic carbocycles. The molecular weight excluding hydrogens is 332 g/mol. The Kier molecular flexibility index (Phi) is 5.27. The van der Waals surface area contributed by atoms with Gasteiger partial charge in [-0.2, -0.15) is 0 Å². The van der Waals surface area contributed by atoms with Crippen molar-refractivity contribution in [3.05, 3.63) is 35.4 Å². The third kappa shape index (κ3) is 3.72. The second-order valence-corrected chi connectivity index (χ2v) is 7.31. The highest BCUT2D eigenvalue weighted by Crippen LogP contribution is 2.28. The second kappa shape index (κ2) is 7.45. The van der Waals surface area contributed by atoms with Crippen molar-refractivity contribution >= 4 is 17.8 Å². The van der Waals surface area contributed by atoms with Crippen LogP contribution in [-0.2, 0) is 15.1 Å². The number of carbonyl (C=O) groups excluding carboxylic acids is 3. The molecule has 0 saturated carbocycles. The summed E-state index contributed by atoms with van der Waals surface area (Å²) in [6.07, 6.45) is 2.03. The van der Waals surface area contributed by atoms with Gasteiger partial charge in [-0.1, -0.05) is 29.8 Å². The van der Waals surface area contributed by atoms with E-state index in [9.17, 15) is 14.4 Å². The van der Waals surface area contributed by atoms with Crippen molar-refractivity contribution in [1.82, 2.24) is 20.9 Å². The lowest BCUT2D eigenvalue weighted by atomic mass is 9.91. The van der Waals surface area contributed by atoms with Crippen molar-refractivity contribution in [2.75, 3.05) is 26.2 Å². The fourth-order valence-electron chi connectivity index (χ4n) is 3.50. The van der Waals surface area contributed by atoms with Gasteiger partial charge in [-0.3, -0.25) is 14.5 Å². The van der Waals surface area contributed by atoms with Crippen LogP contribution in [0.1, 0.15) is 30.9 Å². The first kappa shape index (κ1) is 18.4. The normalized spacial score (nSPS) is 25.5. The number of hydrogen-bond donors (Lipinski definition) is 3. The van der Waals surface area contributed by atoms with Crippen LogP contribution in [0.15, 0.2) is 24.3 Å². The van der Waals surface area contributed by atoms with E-state index in [1.165, 1.54) is 0 Å². The summed E-state index contributed by atoms with van der Waals surface area (Å²) in [7, 11) is 0. The molecule has 2 aliphatic rings. The van der Waals surface area contributed by atoms with Gasteiger partial charge in [0.05, 0.1) is 0 Å². The number of nitrogens with zero attached hydrogens (tertiary/aromatic N) is 1. The maximum Gasteiger partial charge on any atom is 0.325 e. The minimum absolute atomic E-state index is 0.255. The average molecular weight is 358 g/mol. The lowest BCUT2D eigenvalue weighted by molar-refractivity contribution is -0.134. The SMILES string of the molecule is Cc1ccc(C2(C)NC(=O)N(CC(=O)NCCC3CCNC3)C2=O)cc1. The lowest BCUT2D eigenvalue weighted by Gasteiger charge is -2.22. The average Bonchev–Trinajstić information content (AvgIpc) is 3.19. The highest BCUT2D eigenvalue weighted by atomic mass is 16.2. The van der Waals surface area contributed by atoms with Crippen molar-refractivity contribution in [3.63, 3.8) is 0 Å². The Bertz CT molecular complexity index is 697. The van der Waals surface area contributed by atoms with Gasteiger partial charge in [-0.25, -0.2) is 4.79 Å². The molecule has 3 N–H and O–H groups in total. The molecule has 0 aromatic heterocycles. The molecule has 0 spiro atoms. The third-order valence-electron chi connectivity index (χ3n) is 5.24. The van der Waals surface area contributed by atoms with Crippen molar-refractivity contribution in [1.29, 1.82) is 0 Å². The van der Waals surface area contributed by atoms with Crippen molar-refractivity contribution < 1.29 is 14.4 Å². The molecule has 0 radical (unpaired) electrons. The number of imide groups is 1. The summed E-state index contributed by atoms with van der Waals surface area (Å²) in [5, 5.41) is 8.82. The summed E-state index contributed by atoms with van der Waals surface area (Å²) in [4.78, 5) is 38.2. The minimum Gasteiger partial charge on any atom is -0.355 e. The maximum absolute atomic E-state index is 12.8. The number of carbonyl (C=O) groups is 3. The number of nitrogens with one attached hydrogen (secondary N) is 3. The molecule has 7 nitrogen and oxygen atoms in total. The van der Waals surface area contributed by atoms with Crippen LogP contribution in [0.25, 0.3) is 0 Å². The van der Waals surface area contributed by atoms with Gasteiger partial charge >= 0.3 is 6.03 Å². The third-order valence-corrected chi connectivity index (χ3v) is 5.24. The molecule has 1 aromatic rings. The van der Waals surface area contributed by atoms with Gasteiger partial charge in [-0.05, 0) is 51.3 Å². The first-order valence-corrected chi connectivity index (χ1v) is 9.09. The molecular formula is C19H26N4O3. The van der Waals surface area contributed by atoms with E-state index in [0.29, 0.717) is 18.0 Å². The number of amides is 4. The maximum atomic E-state index is 12.8. The van der Waals surface area contributed by atoms with E-state index in [0.717, 1.165) is 36.4 Å². The van der Waals surface area contributed by atoms with Crippen LogP contribution in [0.2, 0.25) is 0 Å². The van der Waals surface area contributed by atoms with Crippen molar-refractivity contribution in [3.8, 4) is 0 Å². The van der Waals surface area contributed by atoms with Gasteiger partial charge in [0.1, 0.15) is 12.1 Å². The van der Waals surface area contributed by atoms with Gasteiger partial charge in [-0.15, -0.1) is 0 Å². The molecule has 3 rings (SSSR count). The van der Waals surface area contributed by atoms with Gasteiger partial charge in [0.25, 0.3) is 5.91 Å². The highest BCUT2D eigenvalue weighted by molar-refractivity contribution is 6.09. The number of urea groups is 1. The second-order valence-electron chi connectivity index (χ2n) is 7.31. The van der Waals surface area contributed by atoms with E-state index in [1.807, 2.05) is 31.2 Å². The fourth-order valence-corrected chi connectivity index (χ4v) is 3.50. The number of rotatable bonds is 6. The molecule has 4 amide bonds. The zero-order chi connectivity index (χ0) is 18.7. The van der Waals surface area contributed by atoms with Crippen LogP contribution in [0.3, 0.4) is 0 Å². The number of aryl methyl sites for hydroxylation is 1. The predicted octanol–water partition coefficient (Wildman–Crippen LogP) is 0.878. The molecule has 140 valence electrons. The standard InChI is InChI=1S/C19H26N4O3/c1-13-3-5-15(6-4-13)19(2)17(25)23(18(26)22-19)12-16(24)21-10-8-14-7-9-20-11-14/h3-6,14,20H,7-12H2,1-2H3,(H,21,24)(H,22,26). The molecule has 7 heteroatoms. The van der Waals surface area contributed by atoms with Gasteiger partial charge < -0.3 is 16.0 Å². The van der Waals surface area contributed by atoms with Gasteiger partial charge in [0.2, 0.25) is 5.91 Å². The van der Waals surface area contributed by atoms with Crippen LogP contribution in [0, 0.1) is 12.8 Å². The van der Waals surface area contributed by atoms with Gasteiger partial charge in [0, 0.05) is 6.54 Å². The number of hydrogen-bond acceptors (Lipinski definition) is 4.